The summed E-state index contributed by atoms with van der Waals surface area (Å²) in [7, 11) is 0. The summed E-state index contributed by atoms with van der Waals surface area (Å²) in [5.74, 6) is 0. The van der Waals surface area contributed by atoms with Crippen molar-refractivity contribution in [3.63, 3.8) is 0 Å². The second kappa shape index (κ2) is 5.05. The molecular formula is C11H16N2S. The molecule has 2 rings (SSSR count). The quantitative estimate of drug-likeness (QED) is 0.715. The van der Waals surface area contributed by atoms with E-state index in [4.69, 9.17) is 0 Å². The Morgan fingerprint density at radius 3 is 2.64 bits per heavy atom. The molecule has 0 saturated carbocycles. The van der Waals surface area contributed by atoms with E-state index in [0.29, 0.717) is 0 Å². The van der Waals surface area contributed by atoms with Gasteiger partial charge in [-0.2, -0.15) is 0 Å². The number of hydrogen-bond acceptors (Lipinski definition) is 3. The van der Waals surface area contributed by atoms with Crippen molar-refractivity contribution in [3.05, 3.63) is 22.8 Å². The lowest BCUT2D eigenvalue weighted by Crippen LogP contribution is -1.78. The van der Waals surface area contributed by atoms with Gasteiger partial charge in [0.05, 0.1) is 9.71 Å². The Hall–Kier alpha value is -0.960. The van der Waals surface area contributed by atoms with Gasteiger partial charge in [-0.15, -0.1) is 11.3 Å². The van der Waals surface area contributed by atoms with Crippen molar-refractivity contribution in [2.45, 2.75) is 34.1 Å². The standard InChI is InChI=1S/C9H10N2S.C2H6/c1-3-7-11-9-8(12-7)6(2)4-5-10-9;1-2/h4-5H,3H2,1-2H3;1-2H3. The van der Waals surface area contributed by atoms with Gasteiger partial charge in [-0.05, 0) is 25.0 Å². The molecule has 0 saturated heterocycles. The van der Waals surface area contributed by atoms with E-state index in [1.54, 1.807) is 11.3 Å². The Morgan fingerprint density at radius 2 is 2.07 bits per heavy atom. The van der Waals surface area contributed by atoms with Gasteiger partial charge >= 0.3 is 0 Å². The van der Waals surface area contributed by atoms with Crippen LogP contribution in [0.2, 0.25) is 0 Å². The first-order chi connectivity index (χ1) is 6.81. The Morgan fingerprint density at radius 1 is 1.36 bits per heavy atom. The van der Waals surface area contributed by atoms with Crippen LogP contribution in [0.15, 0.2) is 12.3 Å². The van der Waals surface area contributed by atoms with Crippen LogP contribution >= 0.6 is 11.3 Å². The summed E-state index contributed by atoms with van der Waals surface area (Å²) in [4.78, 5) is 8.61. The molecule has 2 nitrogen and oxygen atoms in total. The van der Waals surface area contributed by atoms with E-state index in [0.717, 1.165) is 12.1 Å². The fourth-order valence-electron chi connectivity index (χ4n) is 1.15. The van der Waals surface area contributed by atoms with Crippen molar-refractivity contribution in [2.24, 2.45) is 0 Å². The van der Waals surface area contributed by atoms with Crippen molar-refractivity contribution in [1.82, 2.24) is 9.97 Å². The number of hydrogen-bond donors (Lipinski definition) is 0. The molecular weight excluding hydrogens is 192 g/mol. The summed E-state index contributed by atoms with van der Waals surface area (Å²) < 4.78 is 1.23. The highest BCUT2D eigenvalue weighted by atomic mass is 32.1. The average molecular weight is 208 g/mol. The number of thiazole rings is 1. The van der Waals surface area contributed by atoms with E-state index >= 15 is 0 Å². The second-order valence-electron chi connectivity index (χ2n) is 2.74. The molecule has 0 aliphatic carbocycles. The minimum atomic E-state index is 0.900. The van der Waals surface area contributed by atoms with Crippen LogP contribution in [0, 0.1) is 6.92 Å². The summed E-state index contributed by atoms with van der Waals surface area (Å²) in [6.45, 7) is 8.22. The van der Waals surface area contributed by atoms with Gasteiger partial charge in [0.2, 0.25) is 0 Å². The second-order valence-corrected chi connectivity index (χ2v) is 3.83. The Labute approximate surface area is 89.0 Å². The summed E-state index contributed by atoms with van der Waals surface area (Å²) in [5, 5.41) is 1.17. The predicted octanol–water partition coefficient (Wildman–Crippen LogP) is 3.59. The number of aromatic nitrogens is 2. The molecule has 2 aromatic rings. The number of pyridine rings is 1. The van der Waals surface area contributed by atoms with Crippen molar-refractivity contribution >= 4 is 21.7 Å². The first-order valence-electron chi connectivity index (χ1n) is 5.02. The van der Waals surface area contributed by atoms with E-state index in [2.05, 4.69) is 23.8 Å². The van der Waals surface area contributed by atoms with Gasteiger partial charge in [-0.1, -0.05) is 20.8 Å². The molecule has 0 aliphatic rings. The number of aryl methyl sites for hydroxylation is 2. The highest BCUT2D eigenvalue weighted by Gasteiger charge is 2.04. The zero-order chi connectivity index (χ0) is 10.6. The van der Waals surface area contributed by atoms with E-state index in [-0.39, 0.29) is 0 Å². The summed E-state index contributed by atoms with van der Waals surface area (Å²) in [6.07, 6.45) is 2.82. The minimum Gasteiger partial charge on any atom is -0.236 e. The summed E-state index contributed by atoms with van der Waals surface area (Å²) in [6, 6.07) is 2.03. The highest BCUT2D eigenvalue weighted by Crippen LogP contribution is 2.23. The zero-order valence-electron chi connectivity index (χ0n) is 9.16. The maximum Gasteiger partial charge on any atom is 0.170 e. The predicted molar refractivity (Wildman–Crippen MR) is 62.9 cm³/mol. The third-order valence-corrected chi connectivity index (χ3v) is 3.16. The molecule has 0 aliphatic heterocycles. The van der Waals surface area contributed by atoms with E-state index < -0.39 is 0 Å². The molecule has 0 radical (unpaired) electrons. The van der Waals surface area contributed by atoms with Crippen molar-refractivity contribution in [1.29, 1.82) is 0 Å². The smallest absolute Gasteiger partial charge is 0.170 e. The Bertz CT molecular complexity index is 407. The molecule has 0 bridgehead atoms. The van der Waals surface area contributed by atoms with Gasteiger partial charge < -0.3 is 0 Å². The molecule has 3 heteroatoms. The van der Waals surface area contributed by atoms with Crippen LogP contribution in [0.5, 0.6) is 0 Å². The molecule has 0 amide bonds. The maximum atomic E-state index is 4.40. The molecule has 2 aromatic heterocycles. The largest absolute Gasteiger partial charge is 0.236 e. The summed E-state index contributed by atoms with van der Waals surface area (Å²) in [5.41, 5.74) is 2.18. The fourth-order valence-corrected chi connectivity index (χ4v) is 2.08. The van der Waals surface area contributed by atoms with Crippen LogP contribution in [-0.2, 0) is 6.42 Å². The van der Waals surface area contributed by atoms with Crippen molar-refractivity contribution in [2.75, 3.05) is 0 Å². The first kappa shape index (κ1) is 11.1. The molecule has 0 unspecified atom stereocenters. The number of nitrogens with zero attached hydrogens (tertiary/aromatic N) is 2. The van der Waals surface area contributed by atoms with Gasteiger partial charge in [-0.3, -0.25) is 0 Å². The minimum absolute atomic E-state index is 0.900. The Kier molecular flexibility index (Phi) is 4.01. The maximum absolute atomic E-state index is 4.40. The third-order valence-electron chi connectivity index (χ3n) is 1.84. The lowest BCUT2D eigenvalue weighted by molar-refractivity contribution is 1.10. The molecule has 0 atom stereocenters. The van der Waals surface area contributed by atoms with Gasteiger partial charge in [0.15, 0.2) is 5.65 Å². The topological polar surface area (TPSA) is 25.8 Å². The molecule has 2 heterocycles. The van der Waals surface area contributed by atoms with E-state index in [1.807, 2.05) is 26.1 Å². The number of rotatable bonds is 1. The lowest BCUT2D eigenvalue weighted by atomic mass is 10.3. The molecule has 76 valence electrons. The van der Waals surface area contributed by atoms with E-state index in [1.165, 1.54) is 15.3 Å². The van der Waals surface area contributed by atoms with Crippen LogP contribution in [0.3, 0.4) is 0 Å². The lowest BCUT2D eigenvalue weighted by Gasteiger charge is -1.89. The SMILES string of the molecule is CC.CCc1nc2nccc(C)c2s1. The third kappa shape index (κ3) is 2.10. The first-order valence-corrected chi connectivity index (χ1v) is 5.84. The molecule has 0 fully saturated rings. The number of fused-ring (bicyclic) bond motifs is 1. The van der Waals surface area contributed by atoms with Crippen molar-refractivity contribution in [3.8, 4) is 0 Å². The summed E-state index contributed by atoms with van der Waals surface area (Å²) >= 11 is 1.75. The molecule has 0 aromatic carbocycles. The van der Waals surface area contributed by atoms with Crippen LogP contribution < -0.4 is 0 Å². The Balaban J connectivity index is 0.000000461. The zero-order valence-corrected chi connectivity index (χ0v) is 9.98. The van der Waals surface area contributed by atoms with Crippen LogP contribution in [0.25, 0.3) is 10.3 Å². The van der Waals surface area contributed by atoms with Crippen LogP contribution in [0.1, 0.15) is 31.3 Å². The molecule has 0 spiro atoms. The normalized spacial score (nSPS) is 9.71. The van der Waals surface area contributed by atoms with Crippen molar-refractivity contribution < 1.29 is 0 Å². The fraction of sp³-hybridized carbons (Fsp3) is 0.455. The monoisotopic (exact) mass is 208 g/mol. The highest BCUT2D eigenvalue weighted by molar-refractivity contribution is 7.18. The van der Waals surface area contributed by atoms with E-state index in [9.17, 15) is 0 Å². The van der Waals surface area contributed by atoms with Gasteiger partial charge in [-0.25, -0.2) is 9.97 Å². The average Bonchev–Trinajstić information content (AvgIpc) is 2.65. The van der Waals surface area contributed by atoms with Crippen LogP contribution in [0.4, 0.5) is 0 Å². The molecule has 14 heavy (non-hydrogen) atoms. The van der Waals surface area contributed by atoms with Gasteiger partial charge in [0.1, 0.15) is 0 Å². The van der Waals surface area contributed by atoms with Gasteiger partial charge in [0.25, 0.3) is 0 Å². The molecule has 0 N–H and O–H groups in total. The van der Waals surface area contributed by atoms with Crippen LogP contribution in [-0.4, -0.2) is 9.97 Å². The van der Waals surface area contributed by atoms with Gasteiger partial charge in [0, 0.05) is 6.20 Å².